The van der Waals surface area contributed by atoms with Gasteiger partial charge in [-0.1, -0.05) is 37.3 Å². The van der Waals surface area contributed by atoms with Crippen LogP contribution in [-0.4, -0.2) is 11.9 Å². The molecule has 1 fully saturated rings. The van der Waals surface area contributed by atoms with Gasteiger partial charge in [-0.05, 0) is 18.4 Å². The minimum atomic E-state index is 0.184. The summed E-state index contributed by atoms with van der Waals surface area (Å²) in [4.78, 5) is 11.3. The van der Waals surface area contributed by atoms with Gasteiger partial charge in [0.25, 0.3) is 0 Å². The standard InChI is InChI=1S/C12H15NO/c1-9-7-11(13-12(9)14)8-10-5-3-2-4-6-10/h2-6,9,11H,7-8H2,1H3,(H,13,14)/t9-,11-/m0/s1. The third kappa shape index (κ3) is 1.95. The van der Waals surface area contributed by atoms with Crippen LogP contribution in [0.5, 0.6) is 0 Å². The van der Waals surface area contributed by atoms with Gasteiger partial charge in [0, 0.05) is 12.0 Å². The summed E-state index contributed by atoms with van der Waals surface area (Å²) >= 11 is 0. The Morgan fingerprint density at radius 1 is 1.36 bits per heavy atom. The van der Waals surface area contributed by atoms with E-state index >= 15 is 0 Å². The number of amides is 1. The predicted octanol–water partition coefficient (Wildman–Crippen LogP) is 1.75. The summed E-state index contributed by atoms with van der Waals surface area (Å²) in [6.45, 7) is 1.99. The Morgan fingerprint density at radius 2 is 2.07 bits per heavy atom. The average molecular weight is 189 g/mol. The number of benzene rings is 1. The van der Waals surface area contributed by atoms with Gasteiger partial charge in [0.1, 0.15) is 0 Å². The van der Waals surface area contributed by atoms with Gasteiger partial charge >= 0.3 is 0 Å². The number of carbonyl (C=O) groups excluding carboxylic acids is 1. The smallest absolute Gasteiger partial charge is 0.223 e. The first-order chi connectivity index (χ1) is 6.75. The second-order valence-electron chi connectivity index (χ2n) is 4.03. The highest BCUT2D eigenvalue weighted by Crippen LogP contribution is 2.17. The maximum atomic E-state index is 11.3. The molecule has 1 aromatic carbocycles. The van der Waals surface area contributed by atoms with Crippen LogP contribution in [0.15, 0.2) is 30.3 Å². The fourth-order valence-corrected chi connectivity index (χ4v) is 1.97. The van der Waals surface area contributed by atoms with Crippen LogP contribution in [-0.2, 0) is 11.2 Å². The molecular weight excluding hydrogens is 174 g/mol. The number of carbonyl (C=O) groups is 1. The third-order valence-electron chi connectivity index (χ3n) is 2.76. The molecule has 0 bridgehead atoms. The van der Waals surface area contributed by atoms with Crippen molar-refractivity contribution >= 4 is 5.91 Å². The lowest BCUT2D eigenvalue weighted by Gasteiger charge is -2.09. The Morgan fingerprint density at radius 3 is 2.64 bits per heavy atom. The Balaban J connectivity index is 1.97. The van der Waals surface area contributed by atoms with Crippen molar-refractivity contribution < 1.29 is 4.79 Å². The van der Waals surface area contributed by atoms with E-state index in [4.69, 9.17) is 0 Å². The summed E-state index contributed by atoms with van der Waals surface area (Å²) in [5, 5.41) is 3.01. The predicted molar refractivity (Wildman–Crippen MR) is 55.9 cm³/mol. The highest BCUT2D eigenvalue weighted by Gasteiger charge is 2.27. The third-order valence-corrected chi connectivity index (χ3v) is 2.76. The summed E-state index contributed by atoms with van der Waals surface area (Å²) in [5.74, 6) is 0.384. The van der Waals surface area contributed by atoms with Crippen LogP contribution in [0.2, 0.25) is 0 Å². The molecule has 0 radical (unpaired) electrons. The molecule has 1 aliphatic rings. The largest absolute Gasteiger partial charge is 0.353 e. The molecule has 1 heterocycles. The molecule has 1 aliphatic heterocycles. The van der Waals surface area contributed by atoms with Crippen molar-refractivity contribution in [1.82, 2.24) is 5.32 Å². The molecule has 0 aliphatic carbocycles. The molecular formula is C12H15NO. The zero-order chi connectivity index (χ0) is 9.97. The summed E-state index contributed by atoms with van der Waals surface area (Å²) in [6, 6.07) is 10.6. The molecule has 1 saturated heterocycles. The molecule has 1 aromatic rings. The van der Waals surface area contributed by atoms with E-state index in [2.05, 4.69) is 17.4 Å². The van der Waals surface area contributed by atoms with Crippen molar-refractivity contribution in [3.63, 3.8) is 0 Å². The quantitative estimate of drug-likeness (QED) is 0.754. The Hall–Kier alpha value is -1.31. The summed E-state index contributed by atoms with van der Waals surface area (Å²) < 4.78 is 0. The lowest BCUT2D eigenvalue weighted by atomic mass is 10.0. The average Bonchev–Trinajstić information content (AvgIpc) is 2.47. The highest BCUT2D eigenvalue weighted by molar-refractivity contribution is 5.80. The van der Waals surface area contributed by atoms with Crippen molar-refractivity contribution in [2.45, 2.75) is 25.8 Å². The topological polar surface area (TPSA) is 29.1 Å². The molecule has 0 unspecified atom stereocenters. The van der Waals surface area contributed by atoms with Gasteiger partial charge in [-0.2, -0.15) is 0 Å². The monoisotopic (exact) mass is 189 g/mol. The van der Waals surface area contributed by atoms with E-state index in [1.165, 1.54) is 5.56 Å². The van der Waals surface area contributed by atoms with Gasteiger partial charge in [-0.15, -0.1) is 0 Å². The molecule has 2 nitrogen and oxygen atoms in total. The Kier molecular flexibility index (Phi) is 2.53. The van der Waals surface area contributed by atoms with Crippen molar-refractivity contribution in [3.8, 4) is 0 Å². The number of hydrogen-bond donors (Lipinski definition) is 1. The summed E-state index contributed by atoms with van der Waals surface area (Å²) in [7, 11) is 0. The van der Waals surface area contributed by atoms with Crippen LogP contribution in [0.4, 0.5) is 0 Å². The molecule has 2 rings (SSSR count). The van der Waals surface area contributed by atoms with E-state index in [1.807, 2.05) is 25.1 Å². The summed E-state index contributed by atoms with van der Waals surface area (Å²) in [5.41, 5.74) is 1.30. The first-order valence-electron chi connectivity index (χ1n) is 5.10. The zero-order valence-corrected chi connectivity index (χ0v) is 8.36. The molecule has 1 N–H and O–H groups in total. The molecule has 0 saturated carbocycles. The van der Waals surface area contributed by atoms with Gasteiger partial charge in [0.05, 0.1) is 0 Å². The number of rotatable bonds is 2. The van der Waals surface area contributed by atoms with Crippen LogP contribution in [0.3, 0.4) is 0 Å². The normalized spacial score (nSPS) is 26.2. The molecule has 0 spiro atoms. The number of nitrogens with one attached hydrogen (secondary N) is 1. The van der Waals surface area contributed by atoms with Crippen molar-refractivity contribution in [3.05, 3.63) is 35.9 Å². The van der Waals surface area contributed by atoms with Gasteiger partial charge in [0.2, 0.25) is 5.91 Å². The lowest BCUT2D eigenvalue weighted by Crippen LogP contribution is -2.27. The zero-order valence-electron chi connectivity index (χ0n) is 8.36. The van der Waals surface area contributed by atoms with Crippen LogP contribution < -0.4 is 5.32 Å². The molecule has 2 heteroatoms. The summed E-state index contributed by atoms with van der Waals surface area (Å²) in [6.07, 6.45) is 1.92. The second-order valence-corrected chi connectivity index (χ2v) is 4.03. The van der Waals surface area contributed by atoms with Crippen molar-refractivity contribution in [1.29, 1.82) is 0 Å². The van der Waals surface area contributed by atoms with E-state index in [0.29, 0.717) is 6.04 Å². The van der Waals surface area contributed by atoms with Crippen LogP contribution >= 0.6 is 0 Å². The molecule has 14 heavy (non-hydrogen) atoms. The Bertz CT molecular complexity index is 320. The van der Waals surface area contributed by atoms with E-state index in [9.17, 15) is 4.79 Å². The van der Waals surface area contributed by atoms with E-state index in [0.717, 1.165) is 12.8 Å². The SMILES string of the molecule is C[C@H]1C[C@@H](Cc2ccccc2)NC1=O. The maximum absolute atomic E-state index is 11.3. The van der Waals surface area contributed by atoms with Crippen LogP contribution in [0, 0.1) is 5.92 Å². The fraction of sp³-hybridized carbons (Fsp3) is 0.417. The van der Waals surface area contributed by atoms with Gasteiger partial charge in [-0.3, -0.25) is 4.79 Å². The van der Waals surface area contributed by atoms with Crippen molar-refractivity contribution in [2.75, 3.05) is 0 Å². The molecule has 0 aromatic heterocycles. The highest BCUT2D eigenvalue weighted by atomic mass is 16.2. The van der Waals surface area contributed by atoms with Gasteiger partial charge < -0.3 is 5.32 Å². The second kappa shape index (κ2) is 3.82. The van der Waals surface area contributed by atoms with Gasteiger partial charge in [0.15, 0.2) is 0 Å². The first kappa shape index (κ1) is 9.25. The van der Waals surface area contributed by atoms with Crippen molar-refractivity contribution in [2.24, 2.45) is 5.92 Å². The van der Waals surface area contributed by atoms with E-state index in [1.54, 1.807) is 0 Å². The van der Waals surface area contributed by atoms with Crippen LogP contribution in [0.1, 0.15) is 18.9 Å². The number of hydrogen-bond acceptors (Lipinski definition) is 1. The Labute approximate surface area is 84.3 Å². The maximum Gasteiger partial charge on any atom is 0.223 e. The van der Waals surface area contributed by atoms with Crippen LogP contribution in [0.25, 0.3) is 0 Å². The van der Waals surface area contributed by atoms with E-state index < -0.39 is 0 Å². The van der Waals surface area contributed by atoms with E-state index in [-0.39, 0.29) is 11.8 Å². The minimum absolute atomic E-state index is 0.184. The minimum Gasteiger partial charge on any atom is -0.353 e. The molecule has 2 atom stereocenters. The lowest BCUT2D eigenvalue weighted by molar-refractivity contribution is -0.122. The molecule has 1 amide bonds. The van der Waals surface area contributed by atoms with Gasteiger partial charge in [-0.25, -0.2) is 0 Å². The first-order valence-corrected chi connectivity index (χ1v) is 5.10. The molecule has 74 valence electrons. The fourth-order valence-electron chi connectivity index (χ4n) is 1.97.